The molecule has 1 atom stereocenters. The third-order valence-corrected chi connectivity index (χ3v) is 5.06. The minimum atomic E-state index is 0.525. The predicted molar refractivity (Wildman–Crippen MR) is 76.7 cm³/mol. The SMILES string of the molecule is Cc1ccc(C(C)NCC2CCCCCC2)s1. The Bertz CT molecular complexity index is 323. The molecule has 96 valence electrons. The molecule has 0 spiro atoms. The van der Waals surface area contributed by atoms with Gasteiger partial charge < -0.3 is 5.32 Å². The van der Waals surface area contributed by atoms with Crippen LogP contribution in [0.4, 0.5) is 0 Å². The first kappa shape index (κ1) is 13.1. The lowest BCUT2D eigenvalue weighted by Gasteiger charge is -2.18. The standard InChI is InChI=1S/C15H25NS/c1-12-9-10-15(17-12)13(2)16-11-14-7-5-3-4-6-8-14/h9-10,13-14,16H,3-8,11H2,1-2H3. The van der Waals surface area contributed by atoms with Gasteiger partial charge in [0.2, 0.25) is 0 Å². The zero-order chi connectivity index (χ0) is 12.1. The van der Waals surface area contributed by atoms with Crippen LogP contribution in [0, 0.1) is 12.8 Å². The Balaban J connectivity index is 1.77. The van der Waals surface area contributed by atoms with Crippen LogP contribution in [0.15, 0.2) is 12.1 Å². The average Bonchev–Trinajstić information content (AvgIpc) is 2.61. The molecular weight excluding hydrogens is 226 g/mol. The molecule has 1 unspecified atom stereocenters. The van der Waals surface area contributed by atoms with Gasteiger partial charge in [0, 0.05) is 15.8 Å². The molecule has 2 rings (SSSR count). The maximum atomic E-state index is 3.72. The Kier molecular flexibility index (Phi) is 5.05. The fourth-order valence-electron chi connectivity index (χ4n) is 2.70. The monoisotopic (exact) mass is 251 g/mol. The van der Waals surface area contributed by atoms with Gasteiger partial charge in [-0.15, -0.1) is 11.3 Å². The van der Waals surface area contributed by atoms with Crippen molar-refractivity contribution in [3.05, 3.63) is 21.9 Å². The Hall–Kier alpha value is -0.340. The minimum Gasteiger partial charge on any atom is -0.309 e. The quantitative estimate of drug-likeness (QED) is 0.766. The van der Waals surface area contributed by atoms with Crippen LogP contribution in [-0.2, 0) is 0 Å². The van der Waals surface area contributed by atoms with E-state index in [0.717, 1.165) is 5.92 Å². The summed E-state index contributed by atoms with van der Waals surface area (Å²) in [6.07, 6.45) is 8.66. The van der Waals surface area contributed by atoms with Crippen molar-refractivity contribution in [2.24, 2.45) is 5.92 Å². The van der Waals surface area contributed by atoms with E-state index in [2.05, 4.69) is 31.3 Å². The molecule has 1 N–H and O–H groups in total. The second-order valence-corrected chi connectivity index (χ2v) is 6.76. The van der Waals surface area contributed by atoms with Gasteiger partial charge in [-0.25, -0.2) is 0 Å². The van der Waals surface area contributed by atoms with Crippen LogP contribution in [0.1, 0.15) is 61.2 Å². The van der Waals surface area contributed by atoms with Crippen molar-refractivity contribution < 1.29 is 0 Å². The first-order valence-electron chi connectivity index (χ1n) is 7.05. The maximum absolute atomic E-state index is 3.72. The van der Waals surface area contributed by atoms with Crippen molar-refractivity contribution in [2.45, 2.75) is 58.4 Å². The van der Waals surface area contributed by atoms with Gasteiger partial charge in [-0.2, -0.15) is 0 Å². The summed E-state index contributed by atoms with van der Waals surface area (Å²) < 4.78 is 0. The van der Waals surface area contributed by atoms with Crippen molar-refractivity contribution in [2.75, 3.05) is 6.54 Å². The highest BCUT2D eigenvalue weighted by molar-refractivity contribution is 7.12. The fraction of sp³-hybridized carbons (Fsp3) is 0.733. The average molecular weight is 251 g/mol. The minimum absolute atomic E-state index is 0.525. The third-order valence-electron chi connectivity index (χ3n) is 3.88. The summed E-state index contributed by atoms with van der Waals surface area (Å²) in [7, 11) is 0. The van der Waals surface area contributed by atoms with Gasteiger partial charge in [0.15, 0.2) is 0 Å². The van der Waals surface area contributed by atoms with Gasteiger partial charge in [0.25, 0.3) is 0 Å². The van der Waals surface area contributed by atoms with E-state index in [1.54, 1.807) is 0 Å². The Morgan fingerprint density at radius 2 is 1.94 bits per heavy atom. The van der Waals surface area contributed by atoms with Crippen LogP contribution in [0.5, 0.6) is 0 Å². The van der Waals surface area contributed by atoms with E-state index in [0.29, 0.717) is 6.04 Å². The van der Waals surface area contributed by atoms with E-state index in [1.165, 1.54) is 54.8 Å². The molecule has 0 aliphatic heterocycles. The molecule has 0 amide bonds. The van der Waals surface area contributed by atoms with E-state index >= 15 is 0 Å². The first-order valence-corrected chi connectivity index (χ1v) is 7.87. The zero-order valence-electron chi connectivity index (χ0n) is 11.2. The van der Waals surface area contributed by atoms with Crippen molar-refractivity contribution in [3.8, 4) is 0 Å². The summed E-state index contributed by atoms with van der Waals surface area (Å²) >= 11 is 1.92. The lowest BCUT2D eigenvalue weighted by Crippen LogP contribution is -2.25. The predicted octanol–water partition coefficient (Wildman–Crippen LogP) is 4.68. The summed E-state index contributed by atoms with van der Waals surface area (Å²) in [5.74, 6) is 0.918. The van der Waals surface area contributed by atoms with E-state index in [9.17, 15) is 0 Å². The largest absolute Gasteiger partial charge is 0.309 e. The molecule has 0 saturated heterocycles. The Morgan fingerprint density at radius 3 is 2.53 bits per heavy atom. The molecule has 0 bridgehead atoms. The van der Waals surface area contributed by atoms with E-state index in [4.69, 9.17) is 0 Å². The molecule has 1 aromatic rings. The number of nitrogens with one attached hydrogen (secondary N) is 1. The number of hydrogen-bond acceptors (Lipinski definition) is 2. The highest BCUT2D eigenvalue weighted by Gasteiger charge is 2.14. The summed E-state index contributed by atoms with van der Waals surface area (Å²) in [6.45, 7) is 5.69. The molecule has 1 aliphatic rings. The topological polar surface area (TPSA) is 12.0 Å². The summed E-state index contributed by atoms with van der Waals surface area (Å²) in [4.78, 5) is 2.90. The lowest BCUT2D eigenvalue weighted by molar-refractivity contribution is 0.404. The number of aryl methyl sites for hydroxylation is 1. The summed E-state index contributed by atoms with van der Waals surface area (Å²) in [6, 6.07) is 5.02. The molecule has 0 aromatic carbocycles. The second-order valence-electron chi connectivity index (χ2n) is 5.44. The van der Waals surface area contributed by atoms with Crippen molar-refractivity contribution in [1.29, 1.82) is 0 Å². The summed E-state index contributed by atoms with van der Waals surface area (Å²) in [5.41, 5.74) is 0. The Morgan fingerprint density at radius 1 is 1.24 bits per heavy atom. The Labute approximate surface area is 110 Å². The molecule has 1 aliphatic carbocycles. The zero-order valence-corrected chi connectivity index (χ0v) is 12.0. The highest BCUT2D eigenvalue weighted by atomic mass is 32.1. The van der Waals surface area contributed by atoms with E-state index in [-0.39, 0.29) is 0 Å². The van der Waals surface area contributed by atoms with Gasteiger partial charge in [-0.05, 0) is 51.3 Å². The van der Waals surface area contributed by atoms with Crippen LogP contribution in [0.25, 0.3) is 0 Å². The number of hydrogen-bond donors (Lipinski definition) is 1. The first-order chi connectivity index (χ1) is 8.25. The number of rotatable bonds is 4. The van der Waals surface area contributed by atoms with Gasteiger partial charge in [-0.3, -0.25) is 0 Å². The molecule has 1 heterocycles. The van der Waals surface area contributed by atoms with E-state index in [1.807, 2.05) is 11.3 Å². The third kappa shape index (κ3) is 4.11. The molecule has 1 nitrogen and oxygen atoms in total. The smallest absolute Gasteiger partial charge is 0.0386 e. The van der Waals surface area contributed by atoms with Gasteiger partial charge in [-0.1, -0.05) is 25.7 Å². The highest BCUT2D eigenvalue weighted by Crippen LogP contribution is 2.25. The molecule has 17 heavy (non-hydrogen) atoms. The molecule has 2 heteroatoms. The van der Waals surface area contributed by atoms with Crippen LogP contribution in [0.2, 0.25) is 0 Å². The fourth-order valence-corrected chi connectivity index (χ4v) is 3.60. The van der Waals surface area contributed by atoms with Gasteiger partial charge in [0.1, 0.15) is 0 Å². The van der Waals surface area contributed by atoms with Crippen molar-refractivity contribution >= 4 is 11.3 Å². The van der Waals surface area contributed by atoms with Crippen LogP contribution in [-0.4, -0.2) is 6.54 Å². The van der Waals surface area contributed by atoms with E-state index < -0.39 is 0 Å². The van der Waals surface area contributed by atoms with Crippen LogP contribution in [0.3, 0.4) is 0 Å². The van der Waals surface area contributed by atoms with Crippen molar-refractivity contribution in [3.63, 3.8) is 0 Å². The second kappa shape index (κ2) is 6.55. The molecule has 1 saturated carbocycles. The normalized spacial score (nSPS) is 20.1. The van der Waals surface area contributed by atoms with Crippen LogP contribution < -0.4 is 5.32 Å². The molecule has 0 radical (unpaired) electrons. The molecular formula is C15H25NS. The van der Waals surface area contributed by atoms with Gasteiger partial charge >= 0.3 is 0 Å². The number of thiophene rings is 1. The molecule has 1 aromatic heterocycles. The van der Waals surface area contributed by atoms with Gasteiger partial charge in [0.05, 0.1) is 0 Å². The lowest BCUT2D eigenvalue weighted by atomic mass is 10.00. The van der Waals surface area contributed by atoms with Crippen LogP contribution >= 0.6 is 11.3 Å². The summed E-state index contributed by atoms with van der Waals surface area (Å²) in [5, 5.41) is 3.72. The maximum Gasteiger partial charge on any atom is 0.0386 e. The van der Waals surface area contributed by atoms with Crippen molar-refractivity contribution in [1.82, 2.24) is 5.32 Å². The molecule has 1 fully saturated rings.